The Kier molecular flexibility index (Phi) is 11.1. The highest BCUT2D eigenvalue weighted by Crippen LogP contribution is 2.31. The zero-order valence-electron chi connectivity index (χ0n) is 17.3. The fraction of sp³-hybridized carbons (Fsp3) is 0.870. The summed E-state index contributed by atoms with van der Waals surface area (Å²) >= 11 is 0. The van der Waals surface area contributed by atoms with E-state index in [9.17, 15) is 4.79 Å². The molecule has 0 heterocycles. The predicted molar refractivity (Wildman–Crippen MR) is 108 cm³/mol. The van der Waals surface area contributed by atoms with Gasteiger partial charge >= 0.3 is 5.97 Å². The molecule has 0 spiro atoms. The molecule has 0 unspecified atom stereocenters. The van der Waals surface area contributed by atoms with Gasteiger partial charge in [-0.3, -0.25) is 0 Å². The maximum atomic E-state index is 11.1. The van der Waals surface area contributed by atoms with Crippen LogP contribution in [0.2, 0.25) is 0 Å². The van der Waals surface area contributed by atoms with E-state index in [1.807, 2.05) is 0 Å². The van der Waals surface area contributed by atoms with Crippen LogP contribution in [0.4, 0.5) is 0 Å². The molecular weight excluding hydrogens is 340 g/mol. The van der Waals surface area contributed by atoms with Gasteiger partial charge in [0.05, 0.1) is 18.8 Å². The topological polar surface area (TPSA) is 44.8 Å². The van der Waals surface area contributed by atoms with E-state index >= 15 is 0 Å². The first-order chi connectivity index (χ1) is 13.2. The van der Waals surface area contributed by atoms with Crippen molar-refractivity contribution in [3.8, 4) is 0 Å². The van der Waals surface area contributed by atoms with Gasteiger partial charge in [-0.15, -0.1) is 0 Å². The molecule has 27 heavy (non-hydrogen) atoms. The SMILES string of the molecule is C=CC(=O)OCCC1CCC(OCOC2CCC(CCCCC)CC2)CC1. The van der Waals surface area contributed by atoms with Crippen molar-refractivity contribution in [3.63, 3.8) is 0 Å². The molecule has 2 rings (SSSR count). The number of hydrogen-bond donors (Lipinski definition) is 0. The first-order valence-electron chi connectivity index (χ1n) is 11.2. The van der Waals surface area contributed by atoms with Crippen molar-refractivity contribution in [1.82, 2.24) is 0 Å². The minimum absolute atomic E-state index is 0.320. The van der Waals surface area contributed by atoms with E-state index < -0.39 is 0 Å². The Morgan fingerprint density at radius 1 is 0.889 bits per heavy atom. The Morgan fingerprint density at radius 2 is 1.44 bits per heavy atom. The van der Waals surface area contributed by atoms with E-state index in [-0.39, 0.29) is 5.97 Å². The van der Waals surface area contributed by atoms with Crippen LogP contribution >= 0.6 is 0 Å². The second-order valence-electron chi connectivity index (χ2n) is 8.39. The second kappa shape index (κ2) is 13.3. The van der Waals surface area contributed by atoms with Crippen LogP contribution in [0, 0.1) is 11.8 Å². The van der Waals surface area contributed by atoms with Gasteiger partial charge in [0, 0.05) is 6.08 Å². The standard InChI is InChI=1S/C23H40O4/c1-3-5-6-7-19-8-12-21(13-9-19)26-18-27-22-14-10-20(11-15-22)16-17-25-23(24)4-2/h4,19-22H,2-3,5-18H2,1H3. The van der Waals surface area contributed by atoms with Crippen molar-refractivity contribution >= 4 is 5.97 Å². The second-order valence-corrected chi connectivity index (χ2v) is 8.39. The van der Waals surface area contributed by atoms with Gasteiger partial charge in [0.2, 0.25) is 0 Å². The third-order valence-electron chi connectivity index (χ3n) is 6.35. The molecule has 0 atom stereocenters. The molecule has 4 nitrogen and oxygen atoms in total. The number of hydrogen-bond acceptors (Lipinski definition) is 4. The summed E-state index contributed by atoms with van der Waals surface area (Å²) in [7, 11) is 0. The predicted octanol–water partition coefficient (Wildman–Crippen LogP) is 5.79. The molecule has 0 aromatic carbocycles. The van der Waals surface area contributed by atoms with Gasteiger partial charge < -0.3 is 14.2 Å². The summed E-state index contributed by atoms with van der Waals surface area (Å²) < 4.78 is 17.1. The molecule has 0 saturated heterocycles. The number of carbonyl (C=O) groups excluding carboxylic acids is 1. The molecule has 2 fully saturated rings. The zero-order chi connectivity index (χ0) is 19.3. The monoisotopic (exact) mass is 380 g/mol. The molecule has 2 aliphatic rings. The lowest BCUT2D eigenvalue weighted by atomic mass is 9.84. The molecule has 0 aromatic rings. The maximum absolute atomic E-state index is 11.1. The van der Waals surface area contributed by atoms with Crippen LogP contribution in [0.15, 0.2) is 12.7 Å². The molecular formula is C23H40O4. The Labute approximate surface area is 166 Å². The van der Waals surface area contributed by atoms with E-state index in [0.717, 1.165) is 38.0 Å². The molecule has 4 heteroatoms. The molecule has 2 saturated carbocycles. The lowest BCUT2D eigenvalue weighted by molar-refractivity contribution is -0.140. The summed E-state index contributed by atoms with van der Waals surface area (Å²) in [6.07, 6.45) is 18.0. The molecule has 156 valence electrons. The lowest BCUT2D eigenvalue weighted by Crippen LogP contribution is -2.27. The number of unbranched alkanes of at least 4 members (excludes halogenated alkanes) is 2. The zero-order valence-corrected chi connectivity index (χ0v) is 17.3. The first kappa shape index (κ1) is 22.4. The van der Waals surface area contributed by atoms with Crippen molar-refractivity contribution in [2.24, 2.45) is 11.8 Å². The highest BCUT2D eigenvalue weighted by molar-refractivity contribution is 5.81. The highest BCUT2D eigenvalue weighted by atomic mass is 16.7. The van der Waals surface area contributed by atoms with Gasteiger partial charge in [-0.05, 0) is 69.6 Å². The maximum Gasteiger partial charge on any atom is 0.330 e. The molecule has 2 aliphatic carbocycles. The van der Waals surface area contributed by atoms with Crippen LogP contribution in [0.3, 0.4) is 0 Å². The van der Waals surface area contributed by atoms with Gasteiger partial charge in [0.25, 0.3) is 0 Å². The van der Waals surface area contributed by atoms with Gasteiger partial charge in [0.1, 0.15) is 6.79 Å². The molecule has 0 amide bonds. The first-order valence-corrected chi connectivity index (χ1v) is 11.2. The summed E-state index contributed by atoms with van der Waals surface area (Å²) in [6, 6.07) is 0. The molecule has 0 N–H and O–H groups in total. The van der Waals surface area contributed by atoms with Crippen molar-refractivity contribution in [2.75, 3.05) is 13.4 Å². The van der Waals surface area contributed by atoms with Crippen LogP contribution in [0.1, 0.15) is 90.4 Å². The van der Waals surface area contributed by atoms with Crippen LogP contribution in [0.5, 0.6) is 0 Å². The van der Waals surface area contributed by atoms with Gasteiger partial charge in [0.15, 0.2) is 0 Å². The number of carbonyl (C=O) groups is 1. The molecule has 0 radical (unpaired) electrons. The van der Waals surface area contributed by atoms with Crippen molar-refractivity contribution in [1.29, 1.82) is 0 Å². The molecule has 0 aliphatic heterocycles. The number of esters is 1. The third kappa shape index (κ3) is 9.25. The largest absolute Gasteiger partial charge is 0.463 e. The number of rotatable bonds is 12. The van der Waals surface area contributed by atoms with Crippen LogP contribution < -0.4 is 0 Å². The molecule has 0 aromatic heterocycles. The lowest BCUT2D eigenvalue weighted by Gasteiger charge is -2.31. The number of ether oxygens (including phenoxy) is 3. The Morgan fingerprint density at radius 3 is 1.96 bits per heavy atom. The van der Waals surface area contributed by atoms with Crippen LogP contribution in [-0.4, -0.2) is 31.6 Å². The van der Waals surface area contributed by atoms with Gasteiger partial charge in [-0.2, -0.15) is 0 Å². The van der Waals surface area contributed by atoms with Gasteiger partial charge in [-0.25, -0.2) is 4.79 Å². The summed E-state index contributed by atoms with van der Waals surface area (Å²) in [5.74, 6) is 1.25. The van der Waals surface area contributed by atoms with E-state index in [2.05, 4.69) is 13.5 Å². The van der Waals surface area contributed by atoms with Gasteiger partial charge in [-0.1, -0.05) is 39.2 Å². The normalized spacial score (nSPS) is 28.6. The van der Waals surface area contributed by atoms with E-state index in [4.69, 9.17) is 14.2 Å². The van der Waals surface area contributed by atoms with Crippen LogP contribution in [0.25, 0.3) is 0 Å². The highest BCUT2D eigenvalue weighted by Gasteiger charge is 2.24. The van der Waals surface area contributed by atoms with Crippen molar-refractivity contribution in [3.05, 3.63) is 12.7 Å². The summed E-state index contributed by atoms with van der Waals surface area (Å²) in [5, 5.41) is 0. The average Bonchev–Trinajstić information content (AvgIpc) is 2.70. The van der Waals surface area contributed by atoms with Crippen molar-refractivity contribution in [2.45, 2.75) is 103 Å². The summed E-state index contributed by atoms with van der Waals surface area (Å²) in [5.41, 5.74) is 0. The van der Waals surface area contributed by atoms with E-state index in [1.54, 1.807) is 0 Å². The Hall–Kier alpha value is -0.870. The minimum Gasteiger partial charge on any atom is -0.463 e. The fourth-order valence-electron chi connectivity index (χ4n) is 4.47. The minimum atomic E-state index is -0.320. The average molecular weight is 381 g/mol. The van der Waals surface area contributed by atoms with Crippen LogP contribution in [-0.2, 0) is 19.0 Å². The third-order valence-corrected chi connectivity index (χ3v) is 6.35. The fourth-order valence-corrected chi connectivity index (χ4v) is 4.47. The van der Waals surface area contributed by atoms with E-state index in [0.29, 0.717) is 31.5 Å². The smallest absolute Gasteiger partial charge is 0.330 e. The quantitative estimate of drug-likeness (QED) is 0.186. The van der Waals surface area contributed by atoms with E-state index in [1.165, 1.54) is 57.4 Å². The Bertz CT molecular complexity index is 407. The summed E-state index contributed by atoms with van der Waals surface area (Å²) in [6.45, 7) is 6.65. The summed E-state index contributed by atoms with van der Waals surface area (Å²) in [4.78, 5) is 11.1. The molecule has 0 bridgehead atoms. The van der Waals surface area contributed by atoms with Crippen molar-refractivity contribution < 1.29 is 19.0 Å². The Balaban J connectivity index is 1.46.